The zero-order valence-corrected chi connectivity index (χ0v) is 19.1. The summed E-state index contributed by atoms with van der Waals surface area (Å²) in [6, 6.07) is 12.2. The summed E-state index contributed by atoms with van der Waals surface area (Å²) in [5, 5.41) is 0. The molecular formula is C26H31F3N2O2. The second-order valence-corrected chi connectivity index (χ2v) is 9.33. The number of ether oxygens (including phenoxy) is 1. The van der Waals surface area contributed by atoms with E-state index in [0.29, 0.717) is 35.7 Å². The standard InChI is InChI=1S/C26H31F3N2O2/c1-18-15-30(16-19(2)33-18)17-20-11-13-31(14-12-20)25(32)24-6-4-3-5-23(24)21-7-9-22(10-8-21)26(27,28)29/h3-10,18-20H,11-17H2,1-2H3. The molecule has 1 amide bonds. The van der Waals surface area contributed by atoms with Crippen LogP contribution < -0.4 is 0 Å². The molecule has 2 unspecified atom stereocenters. The Kier molecular flexibility index (Phi) is 7.10. The molecule has 33 heavy (non-hydrogen) atoms. The molecule has 2 saturated heterocycles. The minimum atomic E-state index is -4.38. The molecule has 2 aliphatic rings. The summed E-state index contributed by atoms with van der Waals surface area (Å²) in [7, 11) is 0. The molecule has 178 valence electrons. The Hall–Kier alpha value is -2.38. The van der Waals surface area contributed by atoms with Crippen LogP contribution in [0.3, 0.4) is 0 Å². The first-order valence-electron chi connectivity index (χ1n) is 11.6. The number of halogens is 3. The van der Waals surface area contributed by atoms with Gasteiger partial charge in [-0.25, -0.2) is 0 Å². The van der Waals surface area contributed by atoms with Crippen LogP contribution in [-0.4, -0.2) is 60.6 Å². The highest BCUT2D eigenvalue weighted by Gasteiger charge is 2.31. The van der Waals surface area contributed by atoms with E-state index in [0.717, 1.165) is 44.6 Å². The van der Waals surface area contributed by atoms with E-state index in [4.69, 9.17) is 4.74 Å². The van der Waals surface area contributed by atoms with E-state index in [1.54, 1.807) is 24.3 Å². The van der Waals surface area contributed by atoms with Gasteiger partial charge in [-0.3, -0.25) is 9.69 Å². The molecule has 2 atom stereocenters. The smallest absolute Gasteiger partial charge is 0.373 e. The van der Waals surface area contributed by atoms with Crippen LogP contribution in [-0.2, 0) is 10.9 Å². The molecular weight excluding hydrogens is 429 g/mol. The maximum absolute atomic E-state index is 13.3. The number of hydrogen-bond acceptors (Lipinski definition) is 3. The monoisotopic (exact) mass is 460 g/mol. The van der Waals surface area contributed by atoms with E-state index in [1.165, 1.54) is 12.1 Å². The number of benzene rings is 2. The number of piperidine rings is 1. The predicted octanol–water partition coefficient (Wildman–Crippen LogP) is 5.33. The van der Waals surface area contributed by atoms with Crippen molar-refractivity contribution < 1.29 is 22.7 Å². The van der Waals surface area contributed by atoms with Crippen LogP contribution in [0.1, 0.15) is 42.6 Å². The number of nitrogens with zero attached hydrogens (tertiary/aromatic N) is 2. The Labute approximate surface area is 193 Å². The van der Waals surface area contributed by atoms with Gasteiger partial charge in [0, 0.05) is 38.3 Å². The van der Waals surface area contributed by atoms with Gasteiger partial charge in [-0.2, -0.15) is 13.2 Å². The van der Waals surface area contributed by atoms with E-state index in [9.17, 15) is 18.0 Å². The summed E-state index contributed by atoms with van der Waals surface area (Å²) in [5.41, 5.74) is 1.11. The van der Waals surface area contributed by atoms with Gasteiger partial charge >= 0.3 is 6.18 Å². The fraction of sp³-hybridized carbons (Fsp3) is 0.500. The van der Waals surface area contributed by atoms with Crippen molar-refractivity contribution in [2.45, 2.75) is 45.1 Å². The van der Waals surface area contributed by atoms with E-state index < -0.39 is 11.7 Å². The average Bonchev–Trinajstić information content (AvgIpc) is 2.78. The Bertz CT molecular complexity index is 943. The molecule has 2 aliphatic heterocycles. The summed E-state index contributed by atoms with van der Waals surface area (Å²) in [6.07, 6.45) is -1.98. The molecule has 7 heteroatoms. The molecule has 4 nitrogen and oxygen atoms in total. The molecule has 4 rings (SSSR count). The van der Waals surface area contributed by atoms with Crippen molar-refractivity contribution in [3.63, 3.8) is 0 Å². The van der Waals surface area contributed by atoms with E-state index in [2.05, 4.69) is 18.7 Å². The number of likely N-dealkylation sites (tertiary alicyclic amines) is 1. The molecule has 0 radical (unpaired) electrons. The van der Waals surface area contributed by atoms with Crippen LogP contribution in [0.15, 0.2) is 48.5 Å². The van der Waals surface area contributed by atoms with Crippen molar-refractivity contribution in [2.75, 3.05) is 32.7 Å². The number of carbonyl (C=O) groups is 1. The van der Waals surface area contributed by atoms with Gasteiger partial charge in [0.1, 0.15) is 0 Å². The van der Waals surface area contributed by atoms with E-state index in [-0.39, 0.29) is 18.1 Å². The van der Waals surface area contributed by atoms with Crippen molar-refractivity contribution in [2.24, 2.45) is 5.92 Å². The highest BCUT2D eigenvalue weighted by molar-refractivity contribution is 6.01. The number of hydrogen-bond donors (Lipinski definition) is 0. The number of alkyl halides is 3. The second-order valence-electron chi connectivity index (χ2n) is 9.33. The topological polar surface area (TPSA) is 32.8 Å². The lowest BCUT2D eigenvalue weighted by Crippen LogP contribution is -2.48. The molecule has 2 aromatic carbocycles. The van der Waals surface area contributed by atoms with Crippen molar-refractivity contribution in [3.8, 4) is 11.1 Å². The first-order chi connectivity index (χ1) is 15.7. The lowest BCUT2D eigenvalue weighted by molar-refractivity contribution is -0.137. The Morgan fingerprint density at radius 1 is 0.970 bits per heavy atom. The lowest BCUT2D eigenvalue weighted by Gasteiger charge is -2.39. The number of carbonyl (C=O) groups excluding carboxylic acids is 1. The number of morpholine rings is 1. The summed E-state index contributed by atoms with van der Waals surface area (Å²) < 4.78 is 44.6. The van der Waals surface area contributed by atoms with Gasteiger partial charge in [-0.15, -0.1) is 0 Å². The van der Waals surface area contributed by atoms with Gasteiger partial charge in [0.05, 0.1) is 17.8 Å². The summed E-state index contributed by atoms with van der Waals surface area (Å²) >= 11 is 0. The highest BCUT2D eigenvalue weighted by Crippen LogP contribution is 2.32. The Morgan fingerprint density at radius 2 is 1.58 bits per heavy atom. The molecule has 0 bridgehead atoms. The van der Waals surface area contributed by atoms with Crippen LogP contribution in [0.5, 0.6) is 0 Å². The minimum Gasteiger partial charge on any atom is -0.373 e. The fourth-order valence-electron chi connectivity index (χ4n) is 5.05. The lowest BCUT2D eigenvalue weighted by atomic mass is 9.93. The third-order valence-corrected chi connectivity index (χ3v) is 6.59. The van der Waals surface area contributed by atoms with Gasteiger partial charge in [-0.1, -0.05) is 30.3 Å². The maximum atomic E-state index is 13.3. The van der Waals surface area contributed by atoms with E-state index in [1.807, 2.05) is 4.90 Å². The predicted molar refractivity (Wildman–Crippen MR) is 122 cm³/mol. The van der Waals surface area contributed by atoms with Crippen molar-refractivity contribution in [3.05, 3.63) is 59.7 Å². The molecule has 2 heterocycles. The first kappa shape index (κ1) is 23.8. The number of amides is 1. The molecule has 0 N–H and O–H groups in total. The van der Waals surface area contributed by atoms with Crippen LogP contribution in [0, 0.1) is 5.92 Å². The summed E-state index contributed by atoms with van der Waals surface area (Å²) in [5.74, 6) is 0.495. The summed E-state index contributed by atoms with van der Waals surface area (Å²) in [6.45, 7) is 8.53. The minimum absolute atomic E-state index is 0.0578. The molecule has 0 aliphatic carbocycles. The SMILES string of the molecule is CC1CN(CC2CCN(C(=O)c3ccccc3-c3ccc(C(F)(F)F)cc3)CC2)CC(C)O1. The maximum Gasteiger partial charge on any atom is 0.416 e. The first-order valence-corrected chi connectivity index (χ1v) is 11.6. The Morgan fingerprint density at radius 3 is 2.18 bits per heavy atom. The van der Waals surface area contributed by atoms with Crippen LogP contribution in [0.2, 0.25) is 0 Å². The van der Waals surface area contributed by atoms with Gasteiger partial charge in [0.15, 0.2) is 0 Å². The van der Waals surface area contributed by atoms with Gasteiger partial charge < -0.3 is 9.64 Å². The quantitative estimate of drug-likeness (QED) is 0.618. The molecule has 0 saturated carbocycles. The highest BCUT2D eigenvalue weighted by atomic mass is 19.4. The van der Waals surface area contributed by atoms with Gasteiger partial charge in [-0.05, 0) is 61.9 Å². The third-order valence-electron chi connectivity index (χ3n) is 6.59. The zero-order chi connectivity index (χ0) is 23.6. The zero-order valence-electron chi connectivity index (χ0n) is 19.1. The van der Waals surface area contributed by atoms with Crippen LogP contribution in [0.25, 0.3) is 11.1 Å². The average molecular weight is 461 g/mol. The Balaban J connectivity index is 1.40. The van der Waals surface area contributed by atoms with Crippen LogP contribution in [0.4, 0.5) is 13.2 Å². The fourth-order valence-corrected chi connectivity index (χ4v) is 5.05. The second kappa shape index (κ2) is 9.85. The van der Waals surface area contributed by atoms with Gasteiger partial charge in [0.25, 0.3) is 5.91 Å². The van der Waals surface area contributed by atoms with Crippen molar-refractivity contribution in [1.29, 1.82) is 0 Å². The van der Waals surface area contributed by atoms with E-state index >= 15 is 0 Å². The van der Waals surface area contributed by atoms with Crippen molar-refractivity contribution in [1.82, 2.24) is 9.80 Å². The van der Waals surface area contributed by atoms with Gasteiger partial charge in [0.2, 0.25) is 0 Å². The largest absolute Gasteiger partial charge is 0.416 e. The molecule has 0 aromatic heterocycles. The molecule has 2 fully saturated rings. The van der Waals surface area contributed by atoms with Crippen LogP contribution >= 0.6 is 0 Å². The number of rotatable bonds is 4. The van der Waals surface area contributed by atoms with Crippen molar-refractivity contribution >= 4 is 5.91 Å². The summed E-state index contributed by atoms with van der Waals surface area (Å²) in [4.78, 5) is 17.7. The molecule has 2 aromatic rings. The normalized spacial score (nSPS) is 23.0. The third kappa shape index (κ3) is 5.76. The molecule has 0 spiro atoms.